The minimum absolute atomic E-state index is 0.151. The molecule has 2 heterocycles. The van der Waals surface area contributed by atoms with E-state index in [4.69, 9.17) is 9.47 Å². The molecule has 0 aliphatic heterocycles. The molecule has 3 rings (SSSR count). The van der Waals surface area contributed by atoms with Gasteiger partial charge in [0.15, 0.2) is 11.5 Å². The zero-order valence-corrected chi connectivity index (χ0v) is 16.2. The summed E-state index contributed by atoms with van der Waals surface area (Å²) < 4.78 is 10.7. The lowest BCUT2D eigenvalue weighted by atomic mass is 10.0. The van der Waals surface area contributed by atoms with Gasteiger partial charge in [0.05, 0.1) is 26.0 Å². The molecule has 0 aliphatic rings. The lowest BCUT2D eigenvalue weighted by Crippen LogP contribution is -2.23. The number of thiophene rings is 1. The minimum Gasteiger partial charge on any atom is -0.493 e. The molecule has 3 aromatic rings. The van der Waals surface area contributed by atoms with E-state index in [0.29, 0.717) is 0 Å². The molecule has 136 valence electrons. The first kappa shape index (κ1) is 18.4. The first-order valence-electron chi connectivity index (χ1n) is 8.57. The lowest BCUT2D eigenvalue weighted by molar-refractivity contribution is 0.354. The number of rotatable bonds is 8. The Morgan fingerprint density at radius 3 is 2.54 bits per heavy atom. The Morgan fingerprint density at radius 2 is 1.88 bits per heavy atom. The van der Waals surface area contributed by atoms with Gasteiger partial charge in [0.1, 0.15) is 0 Å². The van der Waals surface area contributed by atoms with Crippen LogP contribution in [-0.2, 0) is 13.0 Å². The Labute approximate surface area is 158 Å². The van der Waals surface area contributed by atoms with Gasteiger partial charge in [-0.15, -0.1) is 0 Å². The number of methoxy groups -OCH3 is 2. The molecular formula is C21H24N2O2S. The van der Waals surface area contributed by atoms with Gasteiger partial charge in [-0.1, -0.05) is 12.1 Å². The monoisotopic (exact) mass is 368 g/mol. The molecule has 0 saturated carbocycles. The van der Waals surface area contributed by atoms with Crippen molar-refractivity contribution in [3.8, 4) is 11.5 Å². The quantitative estimate of drug-likeness (QED) is 0.634. The molecule has 0 bridgehead atoms. The molecular weight excluding hydrogens is 344 g/mol. The SMILES string of the molecule is COc1ccc(CN[C@@H](Cc2ccsc2)c2ccc(C)cn2)cc1OC. The van der Waals surface area contributed by atoms with Crippen molar-refractivity contribution < 1.29 is 9.47 Å². The maximum Gasteiger partial charge on any atom is 0.161 e. The van der Waals surface area contributed by atoms with Crippen LogP contribution in [0, 0.1) is 6.92 Å². The van der Waals surface area contributed by atoms with E-state index in [0.717, 1.165) is 35.7 Å². The molecule has 0 unspecified atom stereocenters. The largest absolute Gasteiger partial charge is 0.493 e. The zero-order valence-electron chi connectivity index (χ0n) is 15.4. The highest BCUT2D eigenvalue weighted by atomic mass is 32.1. The van der Waals surface area contributed by atoms with Crippen LogP contribution >= 0.6 is 11.3 Å². The molecule has 4 nitrogen and oxygen atoms in total. The van der Waals surface area contributed by atoms with Gasteiger partial charge >= 0.3 is 0 Å². The zero-order chi connectivity index (χ0) is 18.4. The second-order valence-corrected chi connectivity index (χ2v) is 7.00. The second kappa shape index (κ2) is 8.83. The summed E-state index contributed by atoms with van der Waals surface area (Å²) in [5.41, 5.74) is 4.69. The first-order chi connectivity index (χ1) is 12.7. The third-order valence-electron chi connectivity index (χ3n) is 4.31. The fourth-order valence-electron chi connectivity index (χ4n) is 2.84. The fraction of sp³-hybridized carbons (Fsp3) is 0.286. The van der Waals surface area contributed by atoms with E-state index in [1.165, 1.54) is 11.1 Å². The van der Waals surface area contributed by atoms with Crippen LogP contribution in [0.4, 0.5) is 0 Å². The summed E-state index contributed by atoms with van der Waals surface area (Å²) >= 11 is 1.72. The maximum atomic E-state index is 5.40. The predicted molar refractivity (Wildman–Crippen MR) is 106 cm³/mol. The van der Waals surface area contributed by atoms with E-state index >= 15 is 0 Å². The summed E-state index contributed by atoms with van der Waals surface area (Å²) in [7, 11) is 3.31. The molecule has 0 amide bonds. The van der Waals surface area contributed by atoms with Crippen molar-refractivity contribution in [2.24, 2.45) is 0 Å². The van der Waals surface area contributed by atoms with Gasteiger partial charge in [0.2, 0.25) is 0 Å². The van der Waals surface area contributed by atoms with Crippen molar-refractivity contribution in [3.63, 3.8) is 0 Å². The Kier molecular flexibility index (Phi) is 6.26. The van der Waals surface area contributed by atoms with Gasteiger partial charge < -0.3 is 14.8 Å². The Balaban J connectivity index is 1.76. The maximum absolute atomic E-state index is 5.40. The number of pyridine rings is 1. The molecule has 5 heteroatoms. The Hall–Kier alpha value is -2.37. The summed E-state index contributed by atoms with van der Waals surface area (Å²) in [4.78, 5) is 4.63. The smallest absolute Gasteiger partial charge is 0.161 e. The average Bonchev–Trinajstić information content (AvgIpc) is 3.18. The van der Waals surface area contributed by atoms with Crippen molar-refractivity contribution in [1.29, 1.82) is 0 Å². The topological polar surface area (TPSA) is 43.4 Å². The standard InChI is InChI=1S/C21H24N2O2S/c1-15-4-6-18(22-12-15)19(10-17-8-9-26-14-17)23-13-16-5-7-20(24-2)21(11-16)25-3/h4-9,11-12,14,19,23H,10,13H2,1-3H3/t19-/m0/s1. The summed E-state index contributed by atoms with van der Waals surface area (Å²) in [6.07, 6.45) is 2.83. The number of ether oxygens (including phenoxy) is 2. The van der Waals surface area contributed by atoms with Gasteiger partial charge in [0.25, 0.3) is 0 Å². The normalized spacial score (nSPS) is 12.0. The average molecular weight is 369 g/mol. The second-order valence-electron chi connectivity index (χ2n) is 6.22. The van der Waals surface area contributed by atoms with E-state index in [-0.39, 0.29) is 6.04 Å². The summed E-state index contributed by atoms with van der Waals surface area (Å²) in [6.45, 7) is 2.78. The third kappa shape index (κ3) is 4.62. The predicted octanol–water partition coefficient (Wildman–Crippen LogP) is 4.54. The van der Waals surface area contributed by atoms with Crippen LogP contribution in [-0.4, -0.2) is 19.2 Å². The van der Waals surface area contributed by atoms with E-state index in [1.807, 2.05) is 18.3 Å². The molecule has 1 aromatic carbocycles. The van der Waals surface area contributed by atoms with E-state index in [1.54, 1.807) is 25.6 Å². The van der Waals surface area contributed by atoms with Gasteiger partial charge in [-0.05, 0) is 65.1 Å². The highest BCUT2D eigenvalue weighted by Gasteiger charge is 2.14. The molecule has 0 radical (unpaired) electrons. The number of hydrogen-bond donors (Lipinski definition) is 1. The van der Waals surface area contributed by atoms with Gasteiger partial charge in [-0.25, -0.2) is 0 Å². The van der Waals surface area contributed by atoms with Crippen LogP contribution < -0.4 is 14.8 Å². The number of nitrogens with zero attached hydrogens (tertiary/aromatic N) is 1. The van der Waals surface area contributed by atoms with Crippen LogP contribution in [0.25, 0.3) is 0 Å². The molecule has 0 spiro atoms. The number of nitrogens with one attached hydrogen (secondary N) is 1. The van der Waals surface area contributed by atoms with Gasteiger partial charge in [0, 0.05) is 12.7 Å². The fourth-order valence-corrected chi connectivity index (χ4v) is 3.52. The number of aryl methyl sites for hydroxylation is 1. The molecule has 0 fully saturated rings. The number of benzene rings is 1. The molecule has 2 aromatic heterocycles. The molecule has 26 heavy (non-hydrogen) atoms. The van der Waals surface area contributed by atoms with Crippen LogP contribution in [0.15, 0.2) is 53.4 Å². The molecule has 1 N–H and O–H groups in total. The van der Waals surface area contributed by atoms with E-state index in [2.05, 4.69) is 52.3 Å². The van der Waals surface area contributed by atoms with Crippen molar-refractivity contribution in [2.75, 3.05) is 14.2 Å². The Bertz CT molecular complexity index is 817. The van der Waals surface area contributed by atoms with Crippen LogP contribution in [0.5, 0.6) is 11.5 Å². The van der Waals surface area contributed by atoms with Crippen molar-refractivity contribution in [1.82, 2.24) is 10.3 Å². The summed E-state index contributed by atoms with van der Waals surface area (Å²) in [5, 5.41) is 7.95. The third-order valence-corrected chi connectivity index (χ3v) is 5.04. The first-order valence-corrected chi connectivity index (χ1v) is 9.52. The molecule has 1 atom stereocenters. The van der Waals surface area contributed by atoms with E-state index < -0.39 is 0 Å². The highest BCUT2D eigenvalue weighted by Crippen LogP contribution is 2.28. The van der Waals surface area contributed by atoms with Crippen molar-refractivity contribution in [3.05, 3.63) is 75.7 Å². The van der Waals surface area contributed by atoms with Crippen LogP contribution in [0.3, 0.4) is 0 Å². The Morgan fingerprint density at radius 1 is 1.04 bits per heavy atom. The van der Waals surface area contributed by atoms with Crippen LogP contribution in [0.1, 0.15) is 28.4 Å². The number of hydrogen-bond acceptors (Lipinski definition) is 5. The number of aromatic nitrogens is 1. The minimum atomic E-state index is 0.151. The lowest BCUT2D eigenvalue weighted by Gasteiger charge is -2.19. The van der Waals surface area contributed by atoms with Crippen molar-refractivity contribution in [2.45, 2.75) is 25.9 Å². The van der Waals surface area contributed by atoms with Crippen LogP contribution in [0.2, 0.25) is 0 Å². The highest BCUT2D eigenvalue weighted by molar-refractivity contribution is 7.07. The van der Waals surface area contributed by atoms with Crippen molar-refractivity contribution >= 4 is 11.3 Å². The summed E-state index contributed by atoms with van der Waals surface area (Å²) in [6, 6.07) is 12.5. The summed E-state index contributed by atoms with van der Waals surface area (Å²) in [5.74, 6) is 1.49. The molecule has 0 aliphatic carbocycles. The van der Waals surface area contributed by atoms with Gasteiger partial charge in [-0.3, -0.25) is 4.98 Å². The van der Waals surface area contributed by atoms with Gasteiger partial charge in [-0.2, -0.15) is 11.3 Å². The van der Waals surface area contributed by atoms with E-state index in [9.17, 15) is 0 Å². The molecule has 0 saturated heterocycles.